The van der Waals surface area contributed by atoms with Gasteiger partial charge in [0.15, 0.2) is 5.82 Å². The van der Waals surface area contributed by atoms with Crippen LogP contribution in [0.15, 0.2) is 17.8 Å². The molecule has 17 heavy (non-hydrogen) atoms. The highest BCUT2D eigenvalue weighted by atomic mass is 35.5. The minimum absolute atomic E-state index is 0.00860. The fourth-order valence-corrected chi connectivity index (χ4v) is 2.31. The number of fused-ring (bicyclic) bond motifs is 1. The van der Waals surface area contributed by atoms with Crippen molar-refractivity contribution in [2.75, 3.05) is 13.6 Å². The molecular weight excluding hydrogens is 245 g/mol. The van der Waals surface area contributed by atoms with Gasteiger partial charge in [-0.05, 0) is 13.0 Å². The molecule has 0 saturated heterocycles. The average molecular weight is 257 g/mol. The van der Waals surface area contributed by atoms with Gasteiger partial charge in [0, 0.05) is 12.1 Å². The number of rotatable bonds is 2. The van der Waals surface area contributed by atoms with Gasteiger partial charge < -0.3 is 5.11 Å². The van der Waals surface area contributed by atoms with Crippen molar-refractivity contribution in [3.8, 4) is 0 Å². The largest absolute Gasteiger partial charge is 0.474 e. The molecule has 0 aliphatic carbocycles. The molecular formula is C12H12ClFNO2+. The molecule has 0 saturated carbocycles. The van der Waals surface area contributed by atoms with Crippen molar-refractivity contribution < 1.29 is 14.3 Å². The molecule has 5 heteroatoms. The van der Waals surface area contributed by atoms with Crippen molar-refractivity contribution in [2.45, 2.75) is 6.92 Å². The van der Waals surface area contributed by atoms with E-state index in [1.165, 1.54) is 12.1 Å². The van der Waals surface area contributed by atoms with E-state index in [1.54, 1.807) is 13.1 Å². The van der Waals surface area contributed by atoms with Crippen LogP contribution in [0.2, 0.25) is 5.02 Å². The average Bonchev–Trinajstić information content (AvgIpc) is 2.59. The number of nitrogens with zero attached hydrogens (tertiary/aromatic N) is 1. The van der Waals surface area contributed by atoms with Crippen LogP contribution in [0.1, 0.15) is 12.5 Å². The number of carbonyl (C=O) groups is 1. The first-order valence-corrected chi connectivity index (χ1v) is 5.59. The molecule has 1 aliphatic rings. The van der Waals surface area contributed by atoms with Gasteiger partial charge in [-0.3, -0.25) is 4.48 Å². The van der Waals surface area contributed by atoms with Crippen LogP contribution < -0.4 is 4.48 Å². The highest BCUT2D eigenvalue weighted by Gasteiger charge is 2.42. The predicted octanol–water partition coefficient (Wildman–Crippen LogP) is 2.88. The molecule has 0 bridgehead atoms. The maximum Gasteiger partial charge on any atom is 0.390 e. The van der Waals surface area contributed by atoms with E-state index in [4.69, 9.17) is 11.6 Å². The minimum atomic E-state index is -1.04. The van der Waals surface area contributed by atoms with E-state index in [0.29, 0.717) is 12.2 Å². The van der Waals surface area contributed by atoms with E-state index in [0.717, 1.165) is 0 Å². The Morgan fingerprint density at radius 2 is 2.18 bits per heavy atom. The molecule has 1 aliphatic heterocycles. The maximum atomic E-state index is 13.8. The van der Waals surface area contributed by atoms with E-state index in [9.17, 15) is 14.3 Å². The summed E-state index contributed by atoms with van der Waals surface area (Å²) >= 11 is 5.70. The number of quaternary nitrogens is 1. The summed E-state index contributed by atoms with van der Waals surface area (Å²) in [5.41, 5.74) is 1.06. The zero-order chi connectivity index (χ0) is 12.8. The Hall–Kier alpha value is -1.39. The normalized spacial score (nSPS) is 22.2. The van der Waals surface area contributed by atoms with Gasteiger partial charge in [0.1, 0.15) is 5.69 Å². The van der Waals surface area contributed by atoms with Crippen LogP contribution in [0.25, 0.3) is 6.08 Å². The van der Waals surface area contributed by atoms with E-state index in [2.05, 4.69) is 0 Å². The smallest absolute Gasteiger partial charge is 0.390 e. The molecule has 90 valence electrons. The Labute approximate surface area is 103 Å². The van der Waals surface area contributed by atoms with Crippen molar-refractivity contribution >= 4 is 29.3 Å². The lowest BCUT2D eigenvalue weighted by Crippen LogP contribution is -2.44. The topological polar surface area (TPSA) is 37.3 Å². The van der Waals surface area contributed by atoms with Crippen molar-refractivity contribution in [3.63, 3.8) is 0 Å². The third-order valence-electron chi connectivity index (χ3n) is 3.31. The molecule has 2 rings (SSSR count). The van der Waals surface area contributed by atoms with Gasteiger partial charge in [-0.15, -0.1) is 0 Å². The third kappa shape index (κ3) is 1.56. The molecule has 0 amide bonds. The lowest BCUT2D eigenvalue weighted by molar-refractivity contribution is -0.133. The summed E-state index contributed by atoms with van der Waals surface area (Å²) < 4.78 is 13.9. The van der Waals surface area contributed by atoms with E-state index < -0.39 is 11.8 Å². The molecule has 1 aromatic rings. The number of hydrogen-bond donors (Lipinski definition) is 1. The Morgan fingerprint density at radius 3 is 2.71 bits per heavy atom. The zero-order valence-corrected chi connectivity index (χ0v) is 10.3. The van der Waals surface area contributed by atoms with E-state index in [-0.39, 0.29) is 20.8 Å². The molecule has 0 radical (unpaired) electrons. The number of aliphatic carboxylic acids is 1. The van der Waals surface area contributed by atoms with Gasteiger partial charge in [0.2, 0.25) is 5.70 Å². The van der Waals surface area contributed by atoms with Crippen molar-refractivity contribution in [3.05, 3.63) is 34.2 Å². The van der Waals surface area contributed by atoms with Crippen LogP contribution in [-0.2, 0) is 4.79 Å². The maximum absolute atomic E-state index is 13.8. The molecule has 3 nitrogen and oxygen atoms in total. The monoisotopic (exact) mass is 256 g/mol. The van der Waals surface area contributed by atoms with E-state index in [1.807, 2.05) is 6.92 Å². The molecule has 1 aromatic carbocycles. The lowest BCUT2D eigenvalue weighted by atomic mass is 10.1. The Bertz CT molecular complexity index is 542. The highest BCUT2D eigenvalue weighted by Crippen LogP contribution is 2.41. The lowest BCUT2D eigenvalue weighted by Gasteiger charge is -2.29. The van der Waals surface area contributed by atoms with Crippen molar-refractivity contribution in [1.82, 2.24) is 4.48 Å². The Kier molecular flexibility index (Phi) is 2.72. The molecule has 1 N–H and O–H groups in total. The van der Waals surface area contributed by atoms with Crippen molar-refractivity contribution in [1.29, 1.82) is 0 Å². The van der Waals surface area contributed by atoms with Gasteiger partial charge in [-0.25, -0.2) is 9.18 Å². The summed E-state index contributed by atoms with van der Waals surface area (Å²) in [6.07, 6.45) is 1.36. The van der Waals surface area contributed by atoms with Gasteiger partial charge in [-0.2, -0.15) is 0 Å². The standard InChI is InChI=1S/C12H11ClFNO2/c1-3-15(2)9-5-4-8(13)11(14)7(9)6-10(15)12(16)17/h4-6H,3H2,1-2H3/p+1. The number of likely N-dealkylation sites (N-methyl/N-ethyl adjacent to an activating group) is 1. The SMILES string of the molecule is CC[N+]1(C)C(C(=O)O)=Cc2c1ccc(Cl)c2F. The van der Waals surface area contributed by atoms with Crippen LogP contribution in [0.3, 0.4) is 0 Å². The van der Waals surface area contributed by atoms with Crippen LogP contribution in [-0.4, -0.2) is 24.7 Å². The van der Waals surface area contributed by atoms with Gasteiger partial charge in [-0.1, -0.05) is 11.6 Å². The number of carboxylic acid groups (broad SMARTS) is 1. The first kappa shape index (κ1) is 12.1. The second-order valence-corrected chi connectivity index (χ2v) is 4.54. The molecule has 0 fully saturated rings. The number of halogens is 2. The van der Waals surface area contributed by atoms with E-state index >= 15 is 0 Å². The summed E-state index contributed by atoms with van der Waals surface area (Å²) in [5, 5.41) is 9.18. The van der Waals surface area contributed by atoms with Gasteiger partial charge >= 0.3 is 5.97 Å². The summed E-state index contributed by atoms with van der Waals surface area (Å²) in [6.45, 7) is 2.39. The second-order valence-electron chi connectivity index (χ2n) is 4.14. The number of hydrogen-bond acceptors (Lipinski definition) is 1. The Balaban J connectivity index is 2.73. The summed E-state index contributed by atoms with van der Waals surface area (Å²) in [5.74, 6) is -1.60. The number of carboxylic acids is 1. The minimum Gasteiger partial charge on any atom is -0.474 e. The quantitative estimate of drug-likeness (QED) is 0.826. The van der Waals surface area contributed by atoms with Crippen LogP contribution in [0.4, 0.5) is 10.1 Å². The van der Waals surface area contributed by atoms with Crippen LogP contribution in [0, 0.1) is 5.82 Å². The van der Waals surface area contributed by atoms with Gasteiger partial charge in [0.25, 0.3) is 0 Å². The molecule has 1 heterocycles. The second kappa shape index (κ2) is 3.82. The summed E-state index contributed by atoms with van der Waals surface area (Å²) in [7, 11) is 1.75. The molecule has 0 aromatic heterocycles. The first-order chi connectivity index (χ1) is 7.91. The van der Waals surface area contributed by atoms with Crippen LogP contribution in [0.5, 0.6) is 0 Å². The van der Waals surface area contributed by atoms with Crippen molar-refractivity contribution in [2.24, 2.45) is 0 Å². The van der Waals surface area contributed by atoms with Crippen LogP contribution >= 0.6 is 11.6 Å². The highest BCUT2D eigenvalue weighted by molar-refractivity contribution is 6.31. The fourth-order valence-electron chi connectivity index (χ4n) is 2.15. The predicted molar refractivity (Wildman–Crippen MR) is 65.3 cm³/mol. The number of benzene rings is 1. The zero-order valence-electron chi connectivity index (χ0n) is 9.50. The Morgan fingerprint density at radius 1 is 1.53 bits per heavy atom. The summed E-state index contributed by atoms with van der Waals surface area (Å²) in [4.78, 5) is 11.2. The fraction of sp³-hybridized carbons (Fsp3) is 0.250. The molecule has 1 unspecified atom stereocenters. The first-order valence-electron chi connectivity index (χ1n) is 5.21. The molecule has 1 atom stereocenters. The molecule has 0 spiro atoms. The summed E-state index contributed by atoms with van der Waals surface area (Å²) in [6, 6.07) is 3.14. The van der Waals surface area contributed by atoms with Gasteiger partial charge in [0.05, 0.1) is 24.2 Å². The third-order valence-corrected chi connectivity index (χ3v) is 3.60.